The minimum absolute atomic E-state index is 0.373. The molecule has 0 saturated heterocycles. The quantitative estimate of drug-likeness (QED) is 0.911. The standard InChI is InChI=1S/C15H14BrFN2O2/c1-7(15(20)21)13-8(2)18-14(19-9(13)3)11-6-10(17)4-5-12(11)16/h4-7H,1-3H3,(H,20,21). The predicted octanol–water partition coefficient (Wildman–Crippen LogP) is 3.85. The Morgan fingerprint density at radius 3 is 2.38 bits per heavy atom. The molecule has 21 heavy (non-hydrogen) atoms. The fraction of sp³-hybridized carbons (Fsp3) is 0.267. The molecule has 2 rings (SSSR count). The SMILES string of the molecule is Cc1nc(-c2cc(F)ccc2Br)nc(C)c1C(C)C(=O)O. The van der Waals surface area contributed by atoms with Crippen molar-refractivity contribution in [2.75, 3.05) is 0 Å². The largest absolute Gasteiger partial charge is 0.481 e. The second kappa shape index (κ2) is 5.89. The van der Waals surface area contributed by atoms with Crippen LogP contribution in [0.1, 0.15) is 29.8 Å². The Morgan fingerprint density at radius 2 is 1.86 bits per heavy atom. The number of aryl methyl sites for hydroxylation is 2. The van der Waals surface area contributed by atoms with Crippen molar-refractivity contribution in [2.45, 2.75) is 26.7 Å². The van der Waals surface area contributed by atoms with Gasteiger partial charge in [0.1, 0.15) is 5.82 Å². The molecule has 0 aliphatic carbocycles. The van der Waals surface area contributed by atoms with Crippen LogP contribution in [0.15, 0.2) is 22.7 Å². The average Bonchev–Trinajstić information content (AvgIpc) is 2.40. The molecular formula is C15H14BrFN2O2. The summed E-state index contributed by atoms with van der Waals surface area (Å²) in [7, 11) is 0. The number of hydrogen-bond donors (Lipinski definition) is 1. The number of halogens is 2. The zero-order valence-electron chi connectivity index (χ0n) is 11.8. The van der Waals surface area contributed by atoms with Gasteiger partial charge in [-0.25, -0.2) is 14.4 Å². The van der Waals surface area contributed by atoms with Gasteiger partial charge in [0.15, 0.2) is 5.82 Å². The van der Waals surface area contributed by atoms with E-state index in [9.17, 15) is 9.18 Å². The van der Waals surface area contributed by atoms with Gasteiger partial charge in [-0.15, -0.1) is 0 Å². The van der Waals surface area contributed by atoms with Crippen molar-refractivity contribution < 1.29 is 14.3 Å². The maximum atomic E-state index is 13.4. The van der Waals surface area contributed by atoms with Crippen LogP contribution in [0.2, 0.25) is 0 Å². The summed E-state index contributed by atoms with van der Waals surface area (Å²) in [6.07, 6.45) is 0. The van der Waals surface area contributed by atoms with Crippen LogP contribution in [-0.4, -0.2) is 21.0 Å². The van der Waals surface area contributed by atoms with Crippen LogP contribution < -0.4 is 0 Å². The van der Waals surface area contributed by atoms with E-state index in [1.165, 1.54) is 12.1 Å². The first-order chi connectivity index (χ1) is 9.81. The first-order valence-electron chi connectivity index (χ1n) is 6.34. The normalized spacial score (nSPS) is 12.2. The molecule has 1 atom stereocenters. The number of benzene rings is 1. The lowest BCUT2D eigenvalue weighted by molar-refractivity contribution is -0.138. The lowest BCUT2D eigenvalue weighted by Crippen LogP contribution is -2.13. The van der Waals surface area contributed by atoms with Gasteiger partial charge in [0.05, 0.1) is 5.92 Å². The van der Waals surface area contributed by atoms with Crippen molar-refractivity contribution in [1.29, 1.82) is 0 Å². The van der Waals surface area contributed by atoms with E-state index in [-0.39, 0.29) is 5.82 Å². The third-order valence-corrected chi connectivity index (χ3v) is 3.99. The number of hydrogen-bond acceptors (Lipinski definition) is 3. The van der Waals surface area contributed by atoms with Crippen LogP contribution in [0.5, 0.6) is 0 Å². The molecule has 0 aliphatic rings. The van der Waals surface area contributed by atoms with Crippen molar-refractivity contribution in [3.8, 4) is 11.4 Å². The zero-order valence-corrected chi connectivity index (χ0v) is 13.4. The highest BCUT2D eigenvalue weighted by atomic mass is 79.9. The molecule has 0 amide bonds. The van der Waals surface area contributed by atoms with Crippen molar-refractivity contribution >= 4 is 21.9 Å². The van der Waals surface area contributed by atoms with Crippen molar-refractivity contribution in [3.05, 3.63) is 45.4 Å². The molecule has 1 unspecified atom stereocenters. The van der Waals surface area contributed by atoms with Gasteiger partial charge in [0.25, 0.3) is 0 Å². The summed E-state index contributed by atoms with van der Waals surface area (Å²) in [5, 5.41) is 9.14. The summed E-state index contributed by atoms with van der Waals surface area (Å²) in [6, 6.07) is 4.28. The molecule has 4 nitrogen and oxygen atoms in total. The highest BCUT2D eigenvalue weighted by molar-refractivity contribution is 9.10. The summed E-state index contributed by atoms with van der Waals surface area (Å²) < 4.78 is 14.1. The van der Waals surface area contributed by atoms with E-state index in [1.54, 1.807) is 26.8 Å². The van der Waals surface area contributed by atoms with Crippen LogP contribution in [0.25, 0.3) is 11.4 Å². The van der Waals surface area contributed by atoms with E-state index in [0.717, 1.165) is 0 Å². The highest BCUT2D eigenvalue weighted by Gasteiger charge is 2.21. The first kappa shape index (κ1) is 15.6. The van der Waals surface area contributed by atoms with Gasteiger partial charge in [-0.1, -0.05) is 15.9 Å². The zero-order chi connectivity index (χ0) is 15.7. The Morgan fingerprint density at radius 1 is 1.29 bits per heavy atom. The van der Waals surface area contributed by atoms with Gasteiger partial charge in [0.2, 0.25) is 0 Å². The van der Waals surface area contributed by atoms with Gasteiger partial charge in [-0.3, -0.25) is 4.79 Å². The molecule has 1 aromatic carbocycles. The summed E-state index contributed by atoms with van der Waals surface area (Å²) in [5.74, 6) is -1.62. The van der Waals surface area contributed by atoms with Crippen LogP contribution in [-0.2, 0) is 4.79 Å². The summed E-state index contributed by atoms with van der Waals surface area (Å²) in [5.41, 5.74) is 2.31. The number of nitrogens with zero attached hydrogens (tertiary/aromatic N) is 2. The Hall–Kier alpha value is -1.82. The third-order valence-electron chi connectivity index (χ3n) is 3.30. The molecule has 1 aromatic heterocycles. The van der Waals surface area contributed by atoms with Crippen LogP contribution in [0, 0.1) is 19.7 Å². The summed E-state index contributed by atoms with van der Waals surface area (Å²) >= 11 is 3.35. The Balaban J connectivity index is 2.59. The van der Waals surface area contributed by atoms with Crippen molar-refractivity contribution in [1.82, 2.24) is 9.97 Å². The smallest absolute Gasteiger partial charge is 0.310 e. The second-order valence-corrected chi connectivity index (χ2v) is 5.67. The number of carboxylic acid groups (broad SMARTS) is 1. The van der Waals surface area contributed by atoms with E-state index in [0.29, 0.717) is 32.8 Å². The maximum absolute atomic E-state index is 13.4. The van der Waals surface area contributed by atoms with Crippen molar-refractivity contribution in [3.63, 3.8) is 0 Å². The second-order valence-electron chi connectivity index (χ2n) is 4.82. The van der Waals surface area contributed by atoms with Crippen LogP contribution in [0.4, 0.5) is 4.39 Å². The average molecular weight is 353 g/mol. The molecule has 2 aromatic rings. The Kier molecular flexibility index (Phi) is 4.37. The lowest BCUT2D eigenvalue weighted by Gasteiger charge is -2.14. The molecule has 6 heteroatoms. The van der Waals surface area contributed by atoms with Gasteiger partial charge >= 0.3 is 5.97 Å². The number of aromatic nitrogens is 2. The number of rotatable bonds is 3. The molecule has 1 N–H and O–H groups in total. The predicted molar refractivity (Wildman–Crippen MR) is 80.7 cm³/mol. The monoisotopic (exact) mass is 352 g/mol. The molecule has 0 bridgehead atoms. The number of carbonyl (C=O) groups is 1. The van der Waals surface area contributed by atoms with Crippen LogP contribution >= 0.6 is 15.9 Å². The van der Waals surface area contributed by atoms with E-state index in [1.807, 2.05) is 0 Å². The Labute approximate surface area is 130 Å². The third kappa shape index (κ3) is 3.10. The molecule has 0 radical (unpaired) electrons. The first-order valence-corrected chi connectivity index (χ1v) is 7.14. The topological polar surface area (TPSA) is 63.1 Å². The molecule has 0 fully saturated rings. The minimum Gasteiger partial charge on any atom is -0.481 e. The van der Waals surface area contributed by atoms with E-state index >= 15 is 0 Å². The number of carboxylic acids is 1. The van der Waals surface area contributed by atoms with Gasteiger partial charge in [0, 0.05) is 27.0 Å². The van der Waals surface area contributed by atoms with Gasteiger partial charge < -0.3 is 5.11 Å². The summed E-state index contributed by atoms with van der Waals surface area (Å²) in [6.45, 7) is 5.07. The van der Waals surface area contributed by atoms with Gasteiger partial charge in [-0.2, -0.15) is 0 Å². The Bertz CT molecular complexity index is 696. The highest BCUT2D eigenvalue weighted by Crippen LogP contribution is 2.29. The molecule has 0 spiro atoms. The molecule has 1 heterocycles. The lowest BCUT2D eigenvalue weighted by atomic mass is 9.98. The van der Waals surface area contributed by atoms with Gasteiger partial charge in [-0.05, 0) is 39.0 Å². The fourth-order valence-electron chi connectivity index (χ4n) is 2.26. The molecular weight excluding hydrogens is 339 g/mol. The molecule has 0 saturated carbocycles. The minimum atomic E-state index is -0.926. The van der Waals surface area contributed by atoms with Crippen molar-refractivity contribution in [2.24, 2.45) is 0 Å². The van der Waals surface area contributed by atoms with E-state index in [4.69, 9.17) is 5.11 Å². The maximum Gasteiger partial charge on any atom is 0.310 e. The van der Waals surface area contributed by atoms with Crippen LogP contribution in [0.3, 0.4) is 0 Å². The number of aliphatic carboxylic acids is 1. The molecule has 0 aliphatic heterocycles. The summed E-state index contributed by atoms with van der Waals surface area (Å²) in [4.78, 5) is 19.8. The fourth-order valence-corrected chi connectivity index (χ4v) is 2.69. The van der Waals surface area contributed by atoms with E-state index < -0.39 is 11.9 Å². The van der Waals surface area contributed by atoms with E-state index in [2.05, 4.69) is 25.9 Å². The molecule has 110 valence electrons.